The van der Waals surface area contributed by atoms with Gasteiger partial charge in [0.1, 0.15) is 5.82 Å². The number of hydrogen-bond donors (Lipinski definition) is 1. The molecule has 1 aromatic rings. The molecule has 3 rings (SSSR count). The highest BCUT2D eigenvalue weighted by molar-refractivity contribution is 6.31. The molecule has 2 atom stereocenters. The van der Waals surface area contributed by atoms with Gasteiger partial charge >= 0.3 is 5.97 Å². The van der Waals surface area contributed by atoms with Crippen LogP contribution in [0, 0.1) is 17.2 Å². The normalized spacial score (nSPS) is 28.8. The molecule has 0 radical (unpaired) electrons. The summed E-state index contributed by atoms with van der Waals surface area (Å²) < 4.78 is 13.8. The summed E-state index contributed by atoms with van der Waals surface area (Å²) in [5.41, 5.74) is -0.0421. The number of rotatable bonds is 4. The van der Waals surface area contributed by atoms with E-state index < -0.39 is 11.4 Å². The van der Waals surface area contributed by atoms with Gasteiger partial charge < -0.3 is 10.0 Å². The zero-order valence-corrected chi connectivity index (χ0v) is 12.6. The molecule has 1 aromatic carbocycles. The summed E-state index contributed by atoms with van der Waals surface area (Å²) in [5, 5.41) is 10.0. The second-order valence-electron chi connectivity index (χ2n) is 6.24. The first-order valence-corrected chi connectivity index (χ1v) is 7.79. The third kappa shape index (κ3) is 2.55. The first-order chi connectivity index (χ1) is 10.0. The lowest BCUT2D eigenvalue weighted by atomic mass is 9.81. The highest BCUT2D eigenvalue weighted by atomic mass is 35.5. The van der Waals surface area contributed by atoms with E-state index in [9.17, 15) is 14.3 Å². The van der Waals surface area contributed by atoms with E-state index in [1.165, 1.54) is 6.07 Å². The molecule has 5 heteroatoms. The van der Waals surface area contributed by atoms with E-state index in [1.54, 1.807) is 12.1 Å². The van der Waals surface area contributed by atoms with Crippen molar-refractivity contribution in [3.05, 3.63) is 34.6 Å². The lowest BCUT2D eigenvalue weighted by Crippen LogP contribution is -2.36. The van der Waals surface area contributed by atoms with Crippen LogP contribution in [-0.2, 0) is 11.2 Å². The SMILES string of the molecule is O=C(O)[C@@]12CCC[C@H]1CN(CCc1c(F)cccc1Cl)C2. The number of carboxylic acid groups (broad SMARTS) is 1. The van der Waals surface area contributed by atoms with Crippen LogP contribution in [0.4, 0.5) is 4.39 Å². The lowest BCUT2D eigenvalue weighted by Gasteiger charge is -2.23. The van der Waals surface area contributed by atoms with Gasteiger partial charge in [0.15, 0.2) is 0 Å². The van der Waals surface area contributed by atoms with E-state index in [0.717, 1.165) is 25.8 Å². The van der Waals surface area contributed by atoms with Crippen LogP contribution in [0.3, 0.4) is 0 Å². The van der Waals surface area contributed by atoms with Crippen LogP contribution < -0.4 is 0 Å². The first kappa shape index (κ1) is 14.8. The Balaban J connectivity index is 1.67. The van der Waals surface area contributed by atoms with Crippen molar-refractivity contribution >= 4 is 17.6 Å². The van der Waals surface area contributed by atoms with Crippen LogP contribution in [-0.4, -0.2) is 35.6 Å². The number of carbonyl (C=O) groups is 1. The molecule has 3 nitrogen and oxygen atoms in total. The van der Waals surface area contributed by atoms with Gasteiger partial charge in [0.25, 0.3) is 0 Å². The maximum Gasteiger partial charge on any atom is 0.311 e. The molecule has 1 aliphatic carbocycles. The van der Waals surface area contributed by atoms with Gasteiger partial charge in [-0.25, -0.2) is 4.39 Å². The smallest absolute Gasteiger partial charge is 0.311 e. The molecular formula is C16H19ClFNO2. The number of aliphatic carboxylic acids is 1. The Morgan fingerprint density at radius 1 is 1.52 bits per heavy atom. The number of halogens is 2. The van der Waals surface area contributed by atoms with Crippen LogP contribution >= 0.6 is 11.6 Å². The minimum Gasteiger partial charge on any atom is -0.481 e. The fourth-order valence-corrected chi connectivity index (χ4v) is 4.21. The van der Waals surface area contributed by atoms with Crippen molar-refractivity contribution in [2.24, 2.45) is 11.3 Å². The van der Waals surface area contributed by atoms with E-state index in [2.05, 4.69) is 4.90 Å². The van der Waals surface area contributed by atoms with Crippen molar-refractivity contribution in [2.45, 2.75) is 25.7 Å². The number of fused-ring (bicyclic) bond motifs is 1. The van der Waals surface area contributed by atoms with E-state index >= 15 is 0 Å². The van der Waals surface area contributed by atoms with Crippen molar-refractivity contribution < 1.29 is 14.3 Å². The zero-order chi connectivity index (χ0) is 15.0. The Labute approximate surface area is 128 Å². The summed E-state index contributed by atoms with van der Waals surface area (Å²) in [6, 6.07) is 4.71. The second kappa shape index (κ2) is 5.58. The number of carboxylic acids is 1. The molecule has 2 fully saturated rings. The third-order valence-corrected chi connectivity index (χ3v) is 5.46. The fourth-order valence-electron chi connectivity index (χ4n) is 3.95. The van der Waals surface area contributed by atoms with Crippen molar-refractivity contribution in [3.63, 3.8) is 0 Å². The molecule has 0 unspecified atom stereocenters. The van der Waals surface area contributed by atoms with E-state index in [4.69, 9.17) is 11.6 Å². The van der Waals surface area contributed by atoms with E-state index in [-0.39, 0.29) is 11.7 Å². The van der Waals surface area contributed by atoms with Gasteiger partial charge in [-0.05, 0) is 37.3 Å². The summed E-state index contributed by atoms with van der Waals surface area (Å²) >= 11 is 6.04. The molecular weight excluding hydrogens is 293 g/mol. The highest BCUT2D eigenvalue weighted by Gasteiger charge is 2.54. The average molecular weight is 312 g/mol. The molecule has 21 heavy (non-hydrogen) atoms. The minimum absolute atomic E-state index is 0.242. The van der Waals surface area contributed by atoms with Gasteiger partial charge in [-0.3, -0.25) is 4.79 Å². The molecule has 0 spiro atoms. The van der Waals surface area contributed by atoms with Crippen LogP contribution in [0.2, 0.25) is 5.02 Å². The van der Waals surface area contributed by atoms with Crippen molar-refractivity contribution in [3.8, 4) is 0 Å². The Morgan fingerprint density at radius 2 is 2.33 bits per heavy atom. The minimum atomic E-state index is -0.670. The van der Waals surface area contributed by atoms with Crippen LogP contribution in [0.5, 0.6) is 0 Å². The van der Waals surface area contributed by atoms with Crippen LogP contribution in [0.25, 0.3) is 0 Å². The van der Waals surface area contributed by atoms with Gasteiger partial charge in [0.2, 0.25) is 0 Å². The molecule has 1 saturated carbocycles. The molecule has 1 saturated heterocycles. The quantitative estimate of drug-likeness (QED) is 0.928. The van der Waals surface area contributed by atoms with Crippen LogP contribution in [0.15, 0.2) is 18.2 Å². The first-order valence-electron chi connectivity index (χ1n) is 7.41. The maximum atomic E-state index is 13.8. The maximum absolute atomic E-state index is 13.8. The molecule has 0 amide bonds. The molecule has 2 aliphatic rings. The number of nitrogens with zero attached hydrogens (tertiary/aromatic N) is 1. The third-order valence-electron chi connectivity index (χ3n) is 5.11. The summed E-state index contributed by atoms with van der Waals surface area (Å²) in [7, 11) is 0. The summed E-state index contributed by atoms with van der Waals surface area (Å²) in [6.45, 7) is 2.05. The molecule has 0 aromatic heterocycles. The summed E-state index contributed by atoms with van der Waals surface area (Å²) in [6.07, 6.45) is 3.28. The zero-order valence-electron chi connectivity index (χ0n) is 11.8. The standard InChI is InChI=1S/C16H19ClFNO2/c17-13-4-1-5-14(18)12(13)6-8-19-9-11-3-2-7-16(11,10-19)15(20)21/h1,4-5,11H,2-3,6-10H2,(H,20,21)/t11-,16+/m0/s1. The largest absolute Gasteiger partial charge is 0.481 e. The lowest BCUT2D eigenvalue weighted by molar-refractivity contribution is -0.149. The average Bonchev–Trinajstić information content (AvgIpc) is 2.95. The predicted molar refractivity (Wildman–Crippen MR) is 79.0 cm³/mol. The molecule has 0 bridgehead atoms. The van der Waals surface area contributed by atoms with Gasteiger partial charge in [0.05, 0.1) is 5.41 Å². The van der Waals surface area contributed by atoms with Crippen molar-refractivity contribution in [1.82, 2.24) is 4.90 Å². The second-order valence-corrected chi connectivity index (χ2v) is 6.64. The number of benzene rings is 1. The Kier molecular flexibility index (Phi) is 3.93. The van der Waals surface area contributed by atoms with Crippen LogP contribution in [0.1, 0.15) is 24.8 Å². The van der Waals surface area contributed by atoms with Crippen molar-refractivity contribution in [2.75, 3.05) is 19.6 Å². The van der Waals surface area contributed by atoms with Gasteiger partial charge in [0, 0.05) is 30.2 Å². The van der Waals surface area contributed by atoms with E-state index in [0.29, 0.717) is 30.1 Å². The highest BCUT2D eigenvalue weighted by Crippen LogP contribution is 2.48. The molecule has 1 aliphatic heterocycles. The molecule has 1 heterocycles. The monoisotopic (exact) mass is 311 g/mol. The molecule has 114 valence electrons. The number of likely N-dealkylation sites (tertiary alicyclic amines) is 1. The molecule has 1 N–H and O–H groups in total. The summed E-state index contributed by atoms with van der Waals surface area (Å²) in [5.74, 6) is -0.711. The van der Waals surface area contributed by atoms with Gasteiger partial charge in [-0.15, -0.1) is 0 Å². The Bertz CT molecular complexity index is 545. The van der Waals surface area contributed by atoms with Gasteiger partial charge in [-0.1, -0.05) is 24.1 Å². The van der Waals surface area contributed by atoms with E-state index in [1.807, 2.05) is 0 Å². The Morgan fingerprint density at radius 3 is 3.00 bits per heavy atom. The number of hydrogen-bond acceptors (Lipinski definition) is 2. The Hall–Kier alpha value is -1.13. The predicted octanol–water partition coefficient (Wildman–Crippen LogP) is 3.21. The topological polar surface area (TPSA) is 40.5 Å². The fraction of sp³-hybridized carbons (Fsp3) is 0.562. The summed E-state index contributed by atoms with van der Waals surface area (Å²) in [4.78, 5) is 13.8. The van der Waals surface area contributed by atoms with Gasteiger partial charge in [-0.2, -0.15) is 0 Å². The van der Waals surface area contributed by atoms with Crippen molar-refractivity contribution in [1.29, 1.82) is 0 Å².